The molecule has 2 nitrogen and oxygen atoms in total. The van der Waals surface area contributed by atoms with Crippen molar-refractivity contribution < 1.29 is 26.3 Å². The third-order valence-electron chi connectivity index (χ3n) is 6.12. The average molecular weight is 527 g/mol. The second-order valence-electron chi connectivity index (χ2n) is 8.96. The molecule has 0 aliphatic carbocycles. The molecule has 0 heterocycles. The molecule has 4 aromatic rings. The Labute approximate surface area is 216 Å². The van der Waals surface area contributed by atoms with Crippen molar-refractivity contribution in [1.82, 2.24) is 0 Å². The summed E-state index contributed by atoms with van der Waals surface area (Å²) < 4.78 is 79.8. The summed E-state index contributed by atoms with van der Waals surface area (Å²) in [6.07, 6.45) is -9.02. The van der Waals surface area contributed by atoms with E-state index in [4.69, 9.17) is 5.73 Å². The van der Waals surface area contributed by atoms with E-state index in [0.29, 0.717) is 39.1 Å². The fraction of sp³-hybridized carbons (Fsp3) is 0.133. The van der Waals surface area contributed by atoms with Crippen LogP contribution in [0.1, 0.15) is 33.4 Å². The summed E-state index contributed by atoms with van der Waals surface area (Å²) in [5, 5.41) is 0. The number of benzene rings is 4. The zero-order chi connectivity index (χ0) is 27.7. The van der Waals surface area contributed by atoms with Crippen LogP contribution in [0.5, 0.6) is 0 Å². The lowest BCUT2D eigenvalue weighted by molar-refractivity contribution is -0.138. The molecule has 0 fully saturated rings. The van der Waals surface area contributed by atoms with E-state index < -0.39 is 23.5 Å². The molecule has 0 aliphatic heterocycles. The van der Waals surface area contributed by atoms with Gasteiger partial charge in [-0.05, 0) is 81.9 Å². The zero-order valence-electron chi connectivity index (χ0n) is 20.5. The molecule has 196 valence electrons. The number of halogens is 6. The summed E-state index contributed by atoms with van der Waals surface area (Å²) in [5.41, 5.74) is 9.06. The Hall–Kier alpha value is -4.20. The number of alkyl halides is 6. The van der Waals surface area contributed by atoms with Crippen molar-refractivity contribution in [2.45, 2.75) is 12.4 Å². The van der Waals surface area contributed by atoms with Crippen molar-refractivity contribution in [3.63, 3.8) is 0 Å². The third kappa shape index (κ3) is 5.85. The summed E-state index contributed by atoms with van der Waals surface area (Å²) in [6.45, 7) is 0. The van der Waals surface area contributed by atoms with Crippen LogP contribution in [0.15, 0.2) is 97.1 Å². The van der Waals surface area contributed by atoms with Gasteiger partial charge in [-0.25, -0.2) is 0 Å². The fourth-order valence-electron chi connectivity index (χ4n) is 4.14. The van der Waals surface area contributed by atoms with Gasteiger partial charge < -0.3 is 10.6 Å². The Morgan fingerprint density at radius 3 is 1.08 bits per heavy atom. The van der Waals surface area contributed by atoms with Crippen LogP contribution in [0.2, 0.25) is 0 Å². The van der Waals surface area contributed by atoms with Gasteiger partial charge in [-0.15, -0.1) is 0 Å². The van der Waals surface area contributed by atoms with E-state index in [2.05, 4.69) is 0 Å². The monoisotopic (exact) mass is 526 g/mol. The first-order valence-electron chi connectivity index (χ1n) is 11.6. The van der Waals surface area contributed by atoms with E-state index in [1.54, 1.807) is 24.3 Å². The van der Waals surface area contributed by atoms with Crippen LogP contribution in [-0.2, 0) is 12.4 Å². The molecule has 0 radical (unpaired) electrons. The van der Waals surface area contributed by atoms with Crippen LogP contribution < -0.4 is 10.6 Å². The Bertz CT molecular complexity index is 1410. The molecule has 0 aliphatic rings. The maximum atomic E-state index is 13.3. The second-order valence-corrected chi connectivity index (χ2v) is 8.96. The molecule has 0 unspecified atom stereocenters. The largest absolute Gasteiger partial charge is 0.416 e. The SMILES string of the molecule is CN(C)c1ccc(/C(=C(\c2ccc(N)cc2)c2ccc(C(F)(F)F)cc2)c2ccc(C(F)(F)F)cc2)cc1. The Morgan fingerprint density at radius 2 is 0.789 bits per heavy atom. The lowest BCUT2D eigenvalue weighted by Gasteiger charge is -2.20. The van der Waals surface area contributed by atoms with E-state index in [9.17, 15) is 26.3 Å². The molecule has 0 saturated carbocycles. The van der Waals surface area contributed by atoms with E-state index in [1.165, 1.54) is 24.3 Å². The van der Waals surface area contributed by atoms with Gasteiger partial charge in [0.15, 0.2) is 0 Å². The Morgan fingerprint density at radius 1 is 0.500 bits per heavy atom. The molecule has 0 atom stereocenters. The van der Waals surface area contributed by atoms with Gasteiger partial charge in [-0.3, -0.25) is 0 Å². The van der Waals surface area contributed by atoms with Gasteiger partial charge in [-0.2, -0.15) is 26.3 Å². The summed E-state index contributed by atoms with van der Waals surface area (Å²) >= 11 is 0. The number of hydrogen-bond acceptors (Lipinski definition) is 2. The van der Waals surface area contributed by atoms with Crippen LogP contribution in [0.4, 0.5) is 37.7 Å². The number of nitrogens with zero attached hydrogens (tertiary/aromatic N) is 1. The molecule has 0 bridgehead atoms. The van der Waals surface area contributed by atoms with Crippen molar-refractivity contribution in [1.29, 1.82) is 0 Å². The first kappa shape index (κ1) is 26.9. The molecule has 4 aromatic carbocycles. The number of nitrogen functional groups attached to an aromatic ring is 1. The molecular formula is C30H24F6N2. The topological polar surface area (TPSA) is 29.3 Å². The van der Waals surface area contributed by atoms with Crippen molar-refractivity contribution in [2.75, 3.05) is 24.7 Å². The average Bonchev–Trinajstić information content (AvgIpc) is 2.87. The maximum Gasteiger partial charge on any atom is 0.416 e. The number of anilines is 2. The molecule has 0 amide bonds. The lowest BCUT2D eigenvalue weighted by atomic mass is 9.85. The fourth-order valence-corrected chi connectivity index (χ4v) is 4.14. The van der Waals surface area contributed by atoms with E-state index in [0.717, 1.165) is 30.0 Å². The lowest BCUT2D eigenvalue weighted by Crippen LogP contribution is -2.08. The van der Waals surface area contributed by atoms with Crippen LogP contribution in [0.25, 0.3) is 11.1 Å². The van der Waals surface area contributed by atoms with Crippen LogP contribution >= 0.6 is 0 Å². The summed E-state index contributed by atoms with van der Waals surface area (Å²) in [6, 6.07) is 23.7. The van der Waals surface area contributed by atoms with Crippen LogP contribution in [0, 0.1) is 0 Å². The molecule has 8 heteroatoms. The second kappa shape index (κ2) is 10.3. The number of nitrogens with two attached hydrogens (primary N) is 1. The Balaban J connectivity index is 2.04. The molecule has 38 heavy (non-hydrogen) atoms. The zero-order valence-corrected chi connectivity index (χ0v) is 20.5. The van der Waals surface area contributed by atoms with Crippen molar-refractivity contribution in [3.8, 4) is 0 Å². The van der Waals surface area contributed by atoms with Crippen molar-refractivity contribution in [3.05, 3.63) is 130 Å². The summed E-state index contributed by atoms with van der Waals surface area (Å²) in [7, 11) is 3.76. The van der Waals surface area contributed by atoms with Crippen molar-refractivity contribution >= 4 is 22.5 Å². The van der Waals surface area contributed by atoms with E-state index in [-0.39, 0.29) is 0 Å². The van der Waals surface area contributed by atoms with Gasteiger partial charge in [0.05, 0.1) is 11.1 Å². The minimum Gasteiger partial charge on any atom is -0.399 e. The van der Waals surface area contributed by atoms with E-state index >= 15 is 0 Å². The highest BCUT2D eigenvalue weighted by Crippen LogP contribution is 2.40. The maximum absolute atomic E-state index is 13.3. The van der Waals surface area contributed by atoms with E-state index in [1.807, 2.05) is 43.3 Å². The smallest absolute Gasteiger partial charge is 0.399 e. The molecule has 2 N–H and O–H groups in total. The molecule has 4 rings (SSSR count). The highest BCUT2D eigenvalue weighted by atomic mass is 19.4. The van der Waals surface area contributed by atoms with Gasteiger partial charge in [0.1, 0.15) is 0 Å². The molecule has 0 spiro atoms. The van der Waals surface area contributed by atoms with Gasteiger partial charge in [0.25, 0.3) is 0 Å². The number of rotatable bonds is 5. The third-order valence-corrected chi connectivity index (χ3v) is 6.12. The minimum absolute atomic E-state index is 0.467. The Kier molecular flexibility index (Phi) is 7.26. The van der Waals surface area contributed by atoms with Gasteiger partial charge >= 0.3 is 12.4 Å². The first-order valence-corrected chi connectivity index (χ1v) is 11.6. The van der Waals surface area contributed by atoms with Crippen LogP contribution in [-0.4, -0.2) is 14.1 Å². The van der Waals surface area contributed by atoms with Crippen LogP contribution in [0.3, 0.4) is 0 Å². The van der Waals surface area contributed by atoms with Crippen molar-refractivity contribution in [2.24, 2.45) is 0 Å². The highest BCUT2D eigenvalue weighted by molar-refractivity contribution is 6.04. The molecule has 0 aromatic heterocycles. The normalized spacial score (nSPS) is 12.7. The summed E-state index contributed by atoms with van der Waals surface area (Å²) in [4.78, 5) is 1.90. The predicted molar refractivity (Wildman–Crippen MR) is 140 cm³/mol. The highest BCUT2D eigenvalue weighted by Gasteiger charge is 2.31. The van der Waals surface area contributed by atoms with Gasteiger partial charge in [0, 0.05) is 25.5 Å². The molecule has 0 saturated heterocycles. The summed E-state index contributed by atoms with van der Waals surface area (Å²) in [5.74, 6) is 0. The first-order chi connectivity index (χ1) is 17.8. The van der Waals surface area contributed by atoms with Gasteiger partial charge in [-0.1, -0.05) is 48.5 Å². The predicted octanol–water partition coefficient (Wildman–Crippen LogP) is 8.38. The standard InChI is InChI=1S/C30H24F6N2/c1-38(2)26-17-9-22(10-18-26)28(20-5-13-24(14-6-20)30(34,35)36)27(21-7-15-25(37)16-8-21)19-3-11-23(12-4-19)29(31,32)33/h3-18H,37H2,1-2H3/b28-27-. The number of hydrogen-bond donors (Lipinski definition) is 1. The van der Waals surface area contributed by atoms with Gasteiger partial charge in [0.2, 0.25) is 0 Å². The molecular weight excluding hydrogens is 502 g/mol. The quantitative estimate of drug-likeness (QED) is 0.161. The minimum atomic E-state index is -4.51.